The van der Waals surface area contributed by atoms with Crippen LogP contribution in [-0.2, 0) is 6.18 Å². The predicted molar refractivity (Wildman–Crippen MR) is 122 cm³/mol. The van der Waals surface area contributed by atoms with Crippen molar-refractivity contribution in [3.8, 4) is 17.0 Å². The molecule has 0 fully saturated rings. The Bertz CT molecular complexity index is 1410. The molecule has 0 saturated carbocycles. The number of benzene rings is 3. The Morgan fingerprint density at radius 3 is 2.71 bits per heavy atom. The van der Waals surface area contributed by atoms with Crippen LogP contribution in [0, 0.1) is 0 Å². The summed E-state index contributed by atoms with van der Waals surface area (Å²) in [6.45, 7) is 0.506. The molecular weight excluding hydrogens is 467 g/mol. The highest BCUT2D eigenvalue weighted by atomic mass is 35.5. The summed E-state index contributed by atoms with van der Waals surface area (Å²) >= 11 is 6.02. The smallest absolute Gasteiger partial charge is 0.417 e. The van der Waals surface area contributed by atoms with Crippen LogP contribution in [0.1, 0.15) is 33.9 Å². The summed E-state index contributed by atoms with van der Waals surface area (Å²) in [6, 6.07) is 15.9. The predicted octanol–water partition coefficient (Wildman–Crippen LogP) is 6.22. The quantitative estimate of drug-likeness (QED) is 0.375. The first-order valence-electron chi connectivity index (χ1n) is 10.5. The van der Waals surface area contributed by atoms with Gasteiger partial charge in [-0.05, 0) is 30.3 Å². The van der Waals surface area contributed by atoms with E-state index >= 15 is 0 Å². The van der Waals surface area contributed by atoms with E-state index in [1.165, 1.54) is 18.3 Å². The zero-order chi connectivity index (χ0) is 23.9. The highest BCUT2D eigenvalue weighted by Gasteiger charge is 2.34. The lowest BCUT2D eigenvalue weighted by Gasteiger charge is -2.26. The van der Waals surface area contributed by atoms with Crippen LogP contribution >= 0.6 is 11.6 Å². The van der Waals surface area contributed by atoms with Crippen LogP contribution in [0.2, 0.25) is 5.02 Å². The molecule has 0 bridgehead atoms. The molecule has 1 aromatic heterocycles. The van der Waals surface area contributed by atoms with Gasteiger partial charge in [0.15, 0.2) is 0 Å². The number of hydrogen-bond donors (Lipinski definition) is 1. The van der Waals surface area contributed by atoms with Crippen molar-refractivity contribution in [3.63, 3.8) is 0 Å². The fraction of sp³-hybridized carbons (Fsp3) is 0.160. The maximum absolute atomic E-state index is 13.2. The lowest BCUT2D eigenvalue weighted by atomic mass is 10.00. The summed E-state index contributed by atoms with van der Waals surface area (Å²) in [5, 5.41) is 2.60. The molecule has 5 rings (SSSR count). The van der Waals surface area contributed by atoms with Crippen LogP contribution in [0.5, 0.6) is 5.75 Å². The largest absolute Gasteiger partial charge is 0.493 e. The van der Waals surface area contributed by atoms with Gasteiger partial charge in [-0.25, -0.2) is 4.98 Å². The third kappa shape index (κ3) is 4.17. The molecule has 34 heavy (non-hydrogen) atoms. The molecule has 0 aliphatic carbocycles. The van der Waals surface area contributed by atoms with Gasteiger partial charge in [0, 0.05) is 23.1 Å². The van der Waals surface area contributed by atoms with Crippen LogP contribution < -0.4 is 10.1 Å². The Labute approximate surface area is 197 Å². The number of halogens is 4. The molecule has 1 N–H and O–H groups in total. The summed E-state index contributed by atoms with van der Waals surface area (Å²) in [4.78, 5) is 21.6. The maximum Gasteiger partial charge on any atom is 0.417 e. The van der Waals surface area contributed by atoms with Gasteiger partial charge in [-0.1, -0.05) is 41.9 Å². The number of hydrogen-bond acceptors (Lipinski definition) is 4. The molecule has 1 aliphatic heterocycles. The van der Waals surface area contributed by atoms with Gasteiger partial charge < -0.3 is 10.1 Å². The van der Waals surface area contributed by atoms with Crippen molar-refractivity contribution in [2.45, 2.75) is 18.6 Å². The standard InChI is InChI=1S/C25H17ClF3N3O2/c26-23-16(5-3-6-17(23)25(27,28)29)21-13-30-20-12-14(8-9-19(20)31-21)24(33)32-18-10-11-34-22-7-2-1-4-15(18)22/h1-9,12-13,18H,10-11H2,(H,32,33)/t18-/m0/s1. The van der Waals surface area contributed by atoms with Crippen LogP contribution in [0.3, 0.4) is 0 Å². The second kappa shape index (κ2) is 8.61. The second-order valence-electron chi connectivity index (χ2n) is 7.82. The molecular formula is C25H17ClF3N3O2. The molecule has 9 heteroatoms. The van der Waals surface area contributed by atoms with Crippen LogP contribution in [0.15, 0.2) is 66.9 Å². The number of carbonyl (C=O) groups excluding carboxylic acids is 1. The minimum Gasteiger partial charge on any atom is -0.493 e. The van der Waals surface area contributed by atoms with Crippen LogP contribution in [-0.4, -0.2) is 22.5 Å². The monoisotopic (exact) mass is 483 g/mol. The highest BCUT2D eigenvalue weighted by Crippen LogP contribution is 2.39. The highest BCUT2D eigenvalue weighted by molar-refractivity contribution is 6.34. The zero-order valence-corrected chi connectivity index (χ0v) is 18.3. The van der Waals surface area contributed by atoms with Crippen molar-refractivity contribution in [2.75, 3.05) is 6.61 Å². The number of carbonyl (C=O) groups is 1. The Balaban J connectivity index is 1.42. The zero-order valence-electron chi connectivity index (χ0n) is 17.6. The molecule has 5 nitrogen and oxygen atoms in total. The maximum atomic E-state index is 13.2. The summed E-state index contributed by atoms with van der Waals surface area (Å²) in [6.07, 6.45) is -2.58. The normalized spacial score (nSPS) is 15.5. The average molecular weight is 484 g/mol. The van der Waals surface area contributed by atoms with Crippen LogP contribution in [0.25, 0.3) is 22.3 Å². The summed E-state index contributed by atoms with van der Waals surface area (Å²) in [5.41, 5.74) is 1.59. The van der Waals surface area contributed by atoms with Gasteiger partial charge >= 0.3 is 6.18 Å². The van der Waals surface area contributed by atoms with Gasteiger partial charge in [0.2, 0.25) is 0 Å². The van der Waals surface area contributed by atoms with Crippen molar-refractivity contribution in [1.82, 2.24) is 15.3 Å². The molecule has 0 spiro atoms. The van der Waals surface area contributed by atoms with Crippen molar-refractivity contribution in [3.05, 3.63) is 88.6 Å². The number of ether oxygens (including phenoxy) is 1. The molecule has 4 aromatic rings. The van der Waals surface area contributed by atoms with E-state index in [9.17, 15) is 18.0 Å². The molecule has 0 radical (unpaired) electrons. The number of aromatic nitrogens is 2. The van der Waals surface area contributed by atoms with Gasteiger partial charge in [0.25, 0.3) is 5.91 Å². The van der Waals surface area contributed by atoms with E-state index in [-0.39, 0.29) is 23.2 Å². The van der Waals surface area contributed by atoms with E-state index in [1.807, 2.05) is 24.3 Å². The Morgan fingerprint density at radius 1 is 1.06 bits per heavy atom. The van der Waals surface area contributed by atoms with Crippen molar-refractivity contribution in [1.29, 1.82) is 0 Å². The molecule has 172 valence electrons. The van der Waals surface area contributed by atoms with Gasteiger partial charge in [-0.15, -0.1) is 0 Å². The number of para-hydroxylation sites is 1. The van der Waals surface area contributed by atoms with E-state index in [4.69, 9.17) is 16.3 Å². The third-order valence-electron chi connectivity index (χ3n) is 5.65. The molecule has 1 amide bonds. The number of nitrogens with zero attached hydrogens (tertiary/aromatic N) is 2. The van der Waals surface area contributed by atoms with E-state index in [0.29, 0.717) is 29.6 Å². The van der Waals surface area contributed by atoms with E-state index in [2.05, 4.69) is 15.3 Å². The Kier molecular flexibility index (Phi) is 5.61. The Morgan fingerprint density at radius 2 is 1.88 bits per heavy atom. The molecule has 2 heterocycles. The summed E-state index contributed by atoms with van der Waals surface area (Å²) in [5.74, 6) is 0.486. The Hall–Kier alpha value is -3.65. The molecule has 0 unspecified atom stereocenters. The van der Waals surface area contributed by atoms with Gasteiger partial charge in [0.1, 0.15) is 5.75 Å². The lowest BCUT2D eigenvalue weighted by Crippen LogP contribution is -2.32. The first-order chi connectivity index (χ1) is 16.3. The van der Waals surface area contributed by atoms with E-state index < -0.39 is 16.8 Å². The minimum atomic E-state index is -4.58. The van der Waals surface area contributed by atoms with Crippen molar-refractivity contribution in [2.24, 2.45) is 0 Å². The third-order valence-corrected chi connectivity index (χ3v) is 6.06. The number of rotatable bonds is 3. The number of fused-ring (bicyclic) bond motifs is 2. The summed E-state index contributed by atoms with van der Waals surface area (Å²) in [7, 11) is 0. The first kappa shape index (κ1) is 22.2. The topological polar surface area (TPSA) is 64.1 Å². The second-order valence-corrected chi connectivity index (χ2v) is 8.20. The van der Waals surface area contributed by atoms with Gasteiger partial charge in [-0.2, -0.15) is 13.2 Å². The van der Waals surface area contributed by atoms with E-state index in [0.717, 1.165) is 17.4 Å². The fourth-order valence-corrected chi connectivity index (χ4v) is 4.29. The van der Waals surface area contributed by atoms with Gasteiger partial charge in [-0.3, -0.25) is 9.78 Å². The van der Waals surface area contributed by atoms with Crippen molar-refractivity contribution >= 4 is 28.5 Å². The average Bonchev–Trinajstić information content (AvgIpc) is 2.83. The lowest BCUT2D eigenvalue weighted by molar-refractivity contribution is -0.137. The first-order valence-corrected chi connectivity index (χ1v) is 10.8. The number of amides is 1. The van der Waals surface area contributed by atoms with Crippen LogP contribution in [0.4, 0.5) is 13.2 Å². The molecule has 1 aliphatic rings. The minimum absolute atomic E-state index is 0.130. The SMILES string of the molecule is O=C(N[C@H]1CCOc2ccccc21)c1ccc2nc(-c3cccc(C(F)(F)F)c3Cl)cnc2c1. The summed E-state index contributed by atoms with van der Waals surface area (Å²) < 4.78 is 45.2. The number of alkyl halides is 3. The molecule has 1 atom stereocenters. The fourth-order valence-electron chi connectivity index (χ4n) is 3.96. The van der Waals surface area contributed by atoms with E-state index in [1.54, 1.807) is 18.2 Å². The van der Waals surface area contributed by atoms with Crippen molar-refractivity contribution < 1.29 is 22.7 Å². The molecule has 3 aromatic carbocycles. The molecule has 0 saturated heterocycles. The number of nitrogens with one attached hydrogen (secondary N) is 1. The van der Waals surface area contributed by atoms with Gasteiger partial charge in [0.05, 0.1) is 46.2 Å².